The van der Waals surface area contributed by atoms with Crippen LogP contribution in [0.25, 0.3) is 0 Å². The number of anilines is 1. The van der Waals surface area contributed by atoms with Gasteiger partial charge in [0.1, 0.15) is 5.82 Å². The van der Waals surface area contributed by atoms with Crippen molar-refractivity contribution in [1.29, 1.82) is 0 Å². The molecule has 3 rings (SSSR count). The van der Waals surface area contributed by atoms with Gasteiger partial charge in [0.25, 0.3) is 11.8 Å². The number of furan rings is 1. The second-order valence-corrected chi connectivity index (χ2v) is 7.52. The van der Waals surface area contributed by atoms with Gasteiger partial charge in [-0.15, -0.1) is 11.3 Å². The lowest BCUT2D eigenvalue weighted by Crippen LogP contribution is -2.35. The number of carbonyl (C=O) groups is 3. The van der Waals surface area contributed by atoms with Gasteiger partial charge in [-0.2, -0.15) is 0 Å². The van der Waals surface area contributed by atoms with Crippen LogP contribution >= 0.6 is 11.3 Å². The summed E-state index contributed by atoms with van der Waals surface area (Å²) in [6.45, 7) is 2.29. The number of amides is 3. The second kappa shape index (κ2) is 9.84. The summed E-state index contributed by atoms with van der Waals surface area (Å²) >= 11 is 1.16. The molecule has 0 aliphatic carbocycles. The summed E-state index contributed by atoms with van der Waals surface area (Å²) in [6.07, 6.45) is 1.54. The molecule has 0 fully saturated rings. The minimum absolute atomic E-state index is 0.136. The summed E-state index contributed by atoms with van der Waals surface area (Å²) in [7, 11) is 0. The fourth-order valence-electron chi connectivity index (χ4n) is 2.66. The fraction of sp³-hybridized carbons (Fsp3) is 0.190. The Morgan fingerprint density at radius 1 is 1.03 bits per heavy atom. The highest BCUT2D eigenvalue weighted by molar-refractivity contribution is 7.18. The highest BCUT2D eigenvalue weighted by atomic mass is 32.1. The Labute approximate surface area is 176 Å². The molecule has 30 heavy (non-hydrogen) atoms. The maximum atomic E-state index is 12.9. The Kier molecular flexibility index (Phi) is 6.97. The van der Waals surface area contributed by atoms with Crippen molar-refractivity contribution in [2.24, 2.45) is 0 Å². The average Bonchev–Trinajstić information content (AvgIpc) is 3.37. The Bertz CT molecular complexity index is 1030. The summed E-state index contributed by atoms with van der Waals surface area (Å²) in [4.78, 5) is 36.8. The molecule has 2 heterocycles. The Morgan fingerprint density at radius 3 is 2.47 bits per heavy atom. The van der Waals surface area contributed by atoms with E-state index >= 15 is 0 Å². The van der Waals surface area contributed by atoms with Gasteiger partial charge in [-0.25, -0.2) is 4.39 Å². The van der Waals surface area contributed by atoms with E-state index in [1.807, 2.05) is 0 Å². The predicted molar refractivity (Wildman–Crippen MR) is 111 cm³/mol. The molecule has 3 aromatic rings. The van der Waals surface area contributed by atoms with E-state index in [4.69, 9.17) is 4.42 Å². The standard InChI is InChI=1S/C21H20FN3O4S/c1-13-11-18(25-20(27)16-3-2-10-29-16)30-19(13)21(28)24-9-8-23-17(26)12-14-4-6-15(22)7-5-14/h2-7,10-11H,8-9,12H2,1H3,(H,23,26)(H,24,28)(H,25,27). The molecule has 7 nitrogen and oxygen atoms in total. The molecule has 0 atom stereocenters. The van der Waals surface area contributed by atoms with Crippen LogP contribution in [-0.2, 0) is 11.2 Å². The summed E-state index contributed by atoms with van der Waals surface area (Å²) in [5.74, 6) is -1.06. The lowest BCUT2D eigenvalue weighted by atomic mass is 10.1. The average molecular weight is 429 g/mol. The van der Waals surface area contributed by atoms with E-state index < -0.39 is 5.91 Å². The molecule has 0 bridgehead atoms. The molecule has 0 saturated heterocycles. The van der Waals surface area contributed by atoms with Crippen molar-refractivity contribution < 1.29 is 23.2 Å². The molecule has 0 radical (unpaired) electrons. The third-order valence-electron chi connectivity index (χ3n) is 4.12. The number of hydrogen-bond donors (Lipinski definition) is 3. The van der Waals surface area contributed by atoms with Crippen LogP contribution in [0.5, 0.6) is 0 Å². The van der Waals surface area contributed by atoms with Crippen LogP contribution < -0.4 is 16.0 Å². The number of thiophene rings is 1. The van der Waals surface area contributed by atoms with Crippen LogP contribution in [0.4, 0.5) is 9.39 Å². The van der Waals surface area contributed by atoms with E-state index in [2.05, 4.69) is 16.0 Å². The first kappa shape index (κ1) is 21.3. The van der Waals surface area contributed by atoms with Gasteiger partial charge in [-0.1, -0.05) is 12.1 Å². The Hall–Kier alpha value is -3.46. The molecular formula is C21H20FN3O4S. The van der Waals surface area contributed by atoms with Gasteiger partial charge in [0, 0.05) is 13.1 Å². The highest BCUT2D eigenvalue weighted by Crippen LogP contribution is 2.27. The molecule has 9 heteroatoms. The van der Waals surface area contributed by atoms with Crippen LogP contribution in [0.15, 0.2) is 53.1 Å². The highest BCUT2D eigenvalue weighted by Gasteiger charge is 2.16. The zero-order valence-electron chi connectivity index (χ0n) is 16.2. The number of halogens is 1. The molecule has 3 amide bonds. The largest absolute Gasteiger partial charge is 0.459 e. The molecule has 0 unspecified atom stereocenters. The SMILES string of the molecule is Cc1cc(NC(=O)c2ccco2)sc1C(=O)NCCNC(=O)Cc1ccc(F)cc1. The summed E-state index contributed by atoms with van der Waals surface area (Å²) < 4.78 is 17.9. The van der Waals surface area contributed by atoms with Gasteiger partial charge in [-0.05, 0) is 48.4 Å². The first-order valence-electron chi connectivity index (χ1n) is 9.17. The van der Waals surface area contributed by atoms with E-state index in [1.54, 1.807) is 37.3 Å². The lowest BCUT2D eigenvalue weighted by molar-refractivity contribution is -0.120. The number of rotatable bonds is 8. The third kappa shape index (κ3) is 5.77. The smallest absolute Gasteiger partial charge is 0.291 e. The molecule has 0 aliphatic heterocycles. The van der Waals surface area contributed by atoms with Crippen molar-refractivity contribution in [3.05, 3.63) is 76.3 Å². The van der Waals surface area contributed by atoms with Crippen molar-refractivity contribution in [1.82, 2.24) is 10.6 Å². The van der Waals surface area contributed by atoms with Crippen LogP contribution in [0, 0.1) is 12.7 Å². The molecule has 1 aromatic carbocycles. The number of nitrogens with one attached hydrogen (secondary N) is 3. The van der Waals surface area contributed by atoms with Crippen molar-refractivity contribution in [2.75, 3.05) is 18.4 Å². The monoisotopic (exact) mass is 429 g/mol. The van der Waals surface area contributed by atoms with Gasteiger partial charge < -0.3 is 20.4 Å². The number of benzene rings is 1. The van der Waals surface area contributed by atoms with Crippen molar-refractivity contribution in [2.45, 2.75) is 13.3 Å². The van der Waals surface area contributed by atoms with Crippen molar-refractivity contribution in [3.63, 3.8) is 0 Å². The first-order chi connectivity index (χ1) is 14.4. The molecular weight excluding hydrogens is 409 g/mol. The van der Waals surface area contributed by atoms with Crippen molar-refractivity contribution >= 4 is 34.1 Å². The molecule has 0 saturated carbocycles. The maximum Gasteiger partial charge on any atom is 0.291 e. The van der Waals surface area contributed by atoms with E-state index in [1.165, 1.54) is 18.4 Å². The Morgan fingerprint density at radius 2 is 1.77 bits per heavy atom. The van der Waals surface area contributed by atoms with Gasteiger partial charge in [0.05, 0.1) is 22.6 Å². The summed E-state index contributed by atoms with van der Waals surface area (Å²) in [6, 6.07) is 10.6. The fourth-order valence-corrected chi connectivity index (χ4v) is 3.64. The molecule has 3 N–H and O–H groups in total. The van der Waals surface area contributed by atoms with Gasteiger partial charge in [0.15, 0.2) is 5.76 Å². The van der Waals surface area contributed by atoms with E-state index in [-0.39, 0.29) is 42.9 Å². The summed E-state index contributed by atoms with van der Waals surface area (Å²) in [5, 5.41) is 8.67. The molecule has 156 valence electrons. The van der Waals surface area contributed by atoms with E-state index in [9.17, 15) is 18.8 Å². The Balaban J connectivity index is 1.43. The van der Waals surface area contributed by atoms with E-state index in [0.717, 1.165) is 16.9 Å². The zero-order valence-corrected chi connectivity index (χ0v) is 17.0. The van der Waals surface area contributed by atoms with E-state index in [0.29, 0.717) is 15.4 Å². The second-order valence-electron chi connectivity index (χ2n) is 6.46. The minimum atomic E-state index is -0.392. The summed E-state index contributed by atoms with van der Waals surface area (Å²) in [5.41, 5.74) is 1.43. The maximum absolute atomic E-state index is 12.9. The minimum Gasteiger partial charge on any atom is -0.459 e. The third-order valence-corrected chi connectivity index (χ3v) is 5.27. The first-order valence-corrected chi connectivity index (χ1v) is 9.98. The molecule has 2 aromatic heterocycles. The predicted octanol–water partition coefficient (Wildman–Crippen LogP) is 3.13. The van der Waals surface area contributed by atoms with Gasteiger partial charge >= 0.3 is 0 Å². The lowest BCUT2D eigenvalue weighted by Gasteiger charge is -2.07. The number of hydrogen-bond acceptors (Lipinski definition) is 5. The number of carbonyl (C=O) groups excluding carboxylic acids is 3. The van der Waals surface area contributed by atoms with Crippen LogP contribution in [0.2, 0.25) is 0 Å². The molecule has 0 aliphatic rings. The van der Waals surface area contributed by atoms with Crippen LogP contribution in [-0.4, -0.2) is 30.8 Å². The van der Waals surface area contributed by atoms with Gasteiger partial charge in [-0.3, -0.25) is 14.4 Å². The quantitative estimate of drug-likeness (QED) is 0.479. The zero-order chi connectivity index (χ0) is 21.5. The topological polar surface area (TPSA) is 100 Å². The van der Waals surface area contributed by atoms with Crippen LogP contribution in [0.3, 0.4) is 0 Å². The van der Waals surface area contributed by atoms with Gasteiger partial charge in [0.2, 0.25) is 5.91 Å². The normalized spacial score (nSPS) is 10.5. The number of aryl methyl sites for hydroxylation is 1. The van der Waals surface area contributed by atoms with Crippen LogP contribution in [0.1, 0.15) is 31.4 Å². The molecule has 0 spiro atoms. The van der Waals surface area contributed by atoms with Crippen molar-refractivity contribution in [3.8, 4) is 0 Å².